The van der Waals surface area contributed by atoms with Crippen molar-refractivity contribution in [2.24, 2.45) is 0 Å². The second-order valence-corrected chi connectivity index (χ2v) is 4.14. The zero-order chi connectivity index (χ0) is 12.0. The number of halogens is 1. The average Bonchev–Trinajstić information content (AvgIpc) is 2.22. The fourth-order valence-corrected chi connectivity index (χ4v) is 1.52. The van der Waals surface area contributed by atoms with Crippen LogP contribution in [0.1, 0.15) is 25.8 Å². The molecule has 0 unspecified atom stereocenters. The Morgan fingerprint density at radius 2 is 2.12 bits per heavy atom. The Hall–Kier alpha value is -1.09. The molecule has 1 N–H and O–H groups in total. The lowest BCUT2D eigenvalue weighted by Crippen LogP contribution is -2.09. The summed E-state index contributed by atoms with van der Waals surface area (Å²) in [5.41, 5.74) is 1.02. The summed E-state index contributed by atoms with van der Waals surface area (Å²) in [4.78, 5) is 0. The maximum Gasteiger partial charge on any atom is 0.165 e. The van der Waals surface area contributed by atoms with Crippen LogP contribution in [0, 0.1) is 5.82 Å². The second kappa shape index (κ2) is 6.48. The highest BCUT2D eigenvalue weighted by Crippen LogP contribution is 2.20. The van der Waals surface area contributed by atoms with E-state index in [0.717, 1.165) is 24.9 Å². The molecular formula is C13H20FNO. The lowest BCUT2D eigenvalue weighted by Gasteiger charge is -2.11. The normalized spacial score (nSPS) is 10.8. The lowest BCUT2D eigenvalue weighted by atomic mass is 10.1. The van der Waals surface area contributed by atoms with Crippen molar-refractivity contribution in [1.82, 2.24) is 5.32 Å². The molecule has 2 nitrogen and oxygen atoms in total. The largest absolute Gasteiger partial charge is 0.488 e. The summed E-state index contributed by atoms with van der Waals surface area (Å²) in [5.74, 6) is 0.0722. The molecule has 0 aliphatic rings. The molecule has 0 aromatic heterocycles. The monoisotopic (exact) mass is 225 g/mol. The van der Waals surface area contributed by atoms with Gasteiger partial charge in [0.1, 0.15) is 0 Å². The topological polar surface area (TPSA) is 21.3 Å². The second-order valence-electron chi connectivity index (χ2n) is 4.14. The van der Waals surface area contributed by atoms with Gasteiger partial charge in [0.15, 0.2) is 11.6 Å². The highest BCUT2D eigenvalue weighted by atomic mass is 19.1. The molecular weight excluding hydrogens is 205 g/mol. The van der Waals surface area contributed by atoms with Gasteiger partial charge < -0.3 is 10.1 Å². The number of ether oxygens (including phenoxy) is 1. The Kier molecular flexibility index (Phi) is 5.26. The van der Waals surface area contributed by atoms with Crippen molar-refractivity contribution in [3.05, 3.63) is 29.6 Å². The number of benzene rings is 1. The van der Waals surface area contributed by atoms with Crippen molar-refractivity contribution in [2.45, 2.75) is 32.8 Å². The van der Waals surface area contributed by atoms with Crippen LogP contribution in [0.4, 0.5) is 4.39 Å². The SMILES string of the molecule is CNCCCc1ccc(OC(C)C)c(F)c1. The van der Waals surface area contributed by atoms with Crippen LogP contribution in [-0.2, 0) is 6.42 Å². The summed E-state index contributed by atoms with van der Waals surface area (Å²) < 4.78 is 18.9. The Morgan fingerprint density at radius 1 is 1.38 bits per heavy atom. The molecule has 0 spiro atoms. The third kappa shape index (κ3) is 4.19. The van der Waals surface area contributed by atoms with Gasteiger partial charge in [0.05, 0.1) is 6.10 Å². The van der Waals surface area contributed by atoms with Crippen LogP contribution >= 0.6 is 0 Å². The first-order valence-electron chi connectivity index (χ1n) is 5.73. The van der Waals surface area contributed by atoms with Gasteiger partial charge in [-0.25, -0.2) is 4.39 Å². The molecule has 0 radical (unpaired) electrons. The molecule has 0 saturated carbocycles. The summed E-state index contributed by atoms with van der Waals surface area (Å²) in [6, 6.07) is 5.20. The minimum absolute atomic E-state index is 0.00430. The van der Waals surface area contributed by atoms with Crippen molar-refractivity contribution < 1.29 is 9.13 Å². The first kappa shape index (κ1) is 13.0. The molecule has 1 aromatic carbocycles. The van der Waals surface area contributed by atoms with Crippen LogP contribution in [0.25, 0.3) is 0 Å². The zero-order valence-electron chi connectivity index (χ0n) is 10.2. The van der Waals surface area contributed by atoms with E-state index in [1.54, 1.807) is 12.1 Å². The average molecular weight is 225 g/mol. The number of hydrogen-bond acceptors (Lipinski definition) is 2. The number of aryl methyl sites for hydroxylation is 1. The molecule has 1 aromatic rings. The number of rotatable bonds is 6. The molecule has 0 fully saturated rings. The Morgan fingerprint density at radius 3 is 2.69 bits per heavy atom. The molecule has 90 valence electrons. The maximum absolute atomic E-state index is 13.6. The van der Waals surface area contributed by atoms with Crippen LogP contribution in [0.3, 0.4) is 0 Å². The molecule has 0 saturated heterocycles. The molecule has 3 heteroatoms. The van der Waals surface area contributed by atoms with E-state index >= 15 is 0 Å². The van der Waals surface area contributed by atoms with Crippen LogP contribution in [0.2, 0.25) is 0 Å². The van der Waals surface area contributed by atoms with Crippen LogP contribution < -0.4 is 10.1 Å². The fourth-order valence-electron chi connectivity index (χ4n) is 1.52. The molecule has 0 bridgehead atoms. The molecule has 0 heterocycles. The van der Waals surface area contributed by atoms with Crippen LogP contribution in [0.15, 0.2) is 18.2 Å². The number of hydrogen-bond donors (Lipinski definition) is 1. The van der Waals surface area contributed by atoms with E-state index in [2.05, 4.69) is 5.32 Å². The van der Waals surface area contributed by atoms with Gasteiger partial charge in [0.2, 0.25) is 0 Å². The van der Waals surface area contributed by atoms with Gasteiger partial charge in [0.25, 0.3) is 0 Å². The van der Waals surface area contributed by atoms with Gasteiger partial charge in [0, 0.05) is 0 Å². The summed E-state index contributed by atoms with van der Waals surface area (Å²) in [6.07, 6.45) is 1.91. The van der Waals surface area contributed by atoms with Crippen LogP contribution in [-0.4, -0.2) is 19.7 Å². The molecule has 0 aliphatic heterocycles. The fraction of sp³-hybridized carbons (Fsp3) is 0.538. The predicted molar refractivity (Wildman–Crippen MR) is 64.4 cm³/mol. The van der Waals surface area contributed by atoms with Crippen molar-refractivity contribution >= 4 is 0 Å². The van der Waals surface area contributed by atoms with E-state index in [0.29, 0.717) is 5.75 Å². The van der Waals surface area contributed by atoms with E-state index in [1.807, 2.05) is 27.0 Å². The van der Waals surface area contributed by atoms with Crippen LogP contribution in [0.5, 0.6) is 5.75 Å². The summed E-state index contributed by atoms with van der Waals surface area (Å²) in [7, 11) is 1.92. The molecule has 0 atom stereocenters. The molecule has 0 amide bonds. The Bertz CT molecular complexity index is 326. The van der Waals surface area contributed by atoms with Gasteiger partial charge in [-0.05, 0) is 58.0 Å². The first-order chi connectivity index (χ1) is 7.63. The quantitative estimate of drug-likeness (QED) is 0.752. The highest BCUT2D eigenvalue weighted by molar-refractivity contribution is 5.29. The van der Waals surface area contributed by atoms with E-state index in [-0.39, 0.29) is 11.9 Å². The summed E-state index contributed by atoms with van der Waals surface area (Å²) >= 11 is 0. The van der Waals surface area contributed by atoms with Crippen molar-refractivity contribution in [3.63, 3.8) is 0 Å². The molecule has 1 rings (SSSR count). The number of nitrogens with one attached hydrogen (secondary N) is 1. The van der Waals surface area contributed by atoms with Gasteiger partial charge >= 0.3 is 0 Å². The third-order valence-corrected chi connectivity index (χ3v) is 2.25. The van der Waals surface area contributed by atoms with Gasteiger partial charge in [-0.2, -0.15) is 0 Å². The maximum atomic E-state index is 13.6. The first-order valence-corrected chi connectivity index (χ1v) is 5.73. The van der Waals surface area contributed by atoms with Crippen molar-refractivity contribution in [1.29, 1.82) is 0 Å². The zero-order valence-corrected chi connectivity index (χ0v) is 10.2. The standard InChI is InChI=1S/C13H20FNO/c1-10(2)16-13-7-6-11(9-12(13)14)5-4-8-15-3/h6-7,9-10,15H,4-5,8H2,1-3H3. The highest BCUT2D eigenvalue weighted by Gasteiger charge is 2.06. The van der Waals surface area contributed by atoms with Gasteiger partial charge in [-0.1, -0.05) is 6.07 Å². The minimum atomic E-state index is -0.268. The van der Waals surface area contributed by atoms with Crippen molar-refractivity contribution in [2.75, 3.05) is 13.6 Å². The van der Waals surface area contributed by atoms with E-state index in [1.165, 1.54) is 0 Å². The van der Waals surface area contributed by atoms with E-state index < -0.39 is 0 Å². The third-order valence-electron chi connectivity index (χ3n) is 2.25. The summed E-state index contributed by atoms with van der Waals surface area (Å²) in [5, 5.41) is 3.07. The van der Waals surface area contributed by atoms with E-state index in [9.17, 15) is 4.39 Å². The van der Waals surface area contributed by atoms with Gasteiger partial charge in [-0.3, -0.25) is 0 Å². The van der Waals surface area contributed by atoms with E-state index in [4.69, 9.17) is 4.74 Å². The summed E-state index contributed by atoms with van der Waals surface area (Å²) in [6.45, 7) is 4.73. The smallest absolute Gasteiger partial charge is 0.165 e. The predicted octanol–water partition coefficient (Wildman–Crippen LogP) is 2.76. The Balaban J connectivity index is 2.60. The Labute approximate surface area is 96.8 Å². The molecule has 0 aliphatic carbocycles. The van der Waals surface area contributed by atoms with Gasteiger partial charge in [-0.15, -0.1) is 0 Å². The van der Waals surface area contributed by atoms with Crippen molar-refractivity contribution in [3.8, 4) is 5.75 Å². The lowest BCUT2D eigenvalue weighted by molar-refractivity contribution is 0.231. The molecule has 16 heavy (non-hydrogen) atoms. The minimum Gasteiger partial charge on any atom is -0.488 e.